The normalized spacial score (nSPS) is 10.4. The van der Waals surface area contributed by atoms with E-state index < -0.39 is 0 Å². The maximum Gasteiger partial charge on any atom is 0.326 e. The Morgan fingerprint density at radius 3 is 2.70 bits per heavy atom. The molecule has 2 rings (SSSR count). The van der Waals surface area contributed by atoms with Crippen molar-refractivity contribution in [1.82, 2.24) is 4.98 Å². The lowest BCUT2D eigenvalue weighted by Gasteiger charge is -2.25. The highest BCUT2D eigenvalue weighted by Gasteiger charge is 2.19. The molecule has 23 heavy (non-hydrogen) atoms. The van der Waals surface area contributed by atoms with E-state index in [1.54, 1.807) is 30.5 Å². The molecule has 0 bridgehead atoms. The summed E-state index contributed by atoms with van der Waals surface area (Å²) in [6, 6.07) is 10.9. The number of aromatic nitrogens is 1. The van der Waals surface area contributed by atoms with Crippen LogP contribution in [0.2, 0.25) is 0 Å². The topological polar surface area (TPSA) is 54.5 Å². The number of hydrogen-bond donors (Lipinski definition) is 1. The lowest BCUT2D eigenvalue weighted by Crippen LogP contribution is -2.36. The van der Waals surface area contributed by atoms with Gasteiger partial charge < -0.3 is 10.1 Å². The van der Waals surface area contributed by atoms with Gasteiger partial charge in [-0.05, 0) is 36.6 Å². The van der Waals surface area contributed by atoms with Crippen molar-refractivity contribution in [2.45, 2.75) is 20.3 Å². The van der Waals surface area contributed by atoms with Gasteiger partial charge in [-0.2, -0.15) is 0 Å². The number of benzene rings is 1. The molecular formula is C18H23N3O2. The van der Waals surface area contributed by atoms with Gasteiger partial charge in [0.2, 0.25) is 0 Å². The number of hydrogen-bond acceptors (Lipinski definition) is 3. The van der Waals surface area contributed by atoms with E-state index in [1.807, 2.05) is 30.3 Å². The standard InChI is InChI=1S/C18H23N3O2/c1-14(2)10-12-21(16-8-4-5-9-17(16)23-3)18(22)20-15-7-6-11-19-13-15/h4-9,11,13-14H,10,12H2,1-3H3,(H,20,22). The lowest BCUT2D eigenvalue weighted by atomic mass is 10.1. The Labute approximate surface area is 137 Å². The number of carbonyl (C=O) groups is 1. The van der Waals surface area contributed by atoms with Crippen molar-refractivity contribution in [2.75, 3.05) is 23.9 Å². The van der Waals surface area contributed by atoms with Gasteiger partial charge in [0, 0.05) is 12.7 Å². The van der Waals surface area contributed by atoms with Crippen LogP contribution in [0.1, 0.15) is 20.3 Å². The first kappa shape index (κ1) is 16.8. The van der Waals surface area contributed by atoms with Crippen LogP contribution in [-0.2, 0) is 0 Å². The van der Waals surface area contributed by atoms with E-state index in [4.69, 9.17) is 4.74 Å². The predicted molar refractivity (Wildman–Crippen MR) is 93.1 cm³/mol. The molecule has 1 aromatic carbocycles. The van der Waals surface area contributed by atoms with Gasteiger partial charge >= 0.3 is 6.03 Å². The average molecular weight is 313 g/mol. The Kier molecular flexibility index (Phi) is 5.97. The first-order valence-electron chi connectivity index (χ1n) is 7.73. The first-order chi connectivity index (χ1) is 11.1. The van der Waals surface area contributed by atoms with Gasteiger partial charge in [-0.15, -0.1) is 0 Å². The zero-order valence-corrected chi connectivity index (χ0v) is 13.8. The third-order valence-electron chi connectivity index (χ3n) is 3.46. The molecule has 0 saturated heterocycles. The molecule has 0 fully saturated rings. The highest BCUT2D eigenvalue weighted by Crippen LogP contribution is 2.28. The lowest BCUT2D eigenvalue weighted by molar-refractivity contribution is 0.256. The van der Waals surface area contributed by atoms with Crippen LogP contribution >= 0.6 is 0 Å². The van der Waals surface area contributed by atoms with Crippen molar-refractivity contribution >= 4 is 17.4 Å². The van der Waals surface area contributed by atoms with Gasteiger partial charge in [-0.25, -0.2) is 4.79 Å². The van der Waals surface area contributed by atoms with E-state index in [1.165, 1.54) is 0 Å². The van der Waals surface area contributed by atoms with Crippen molar-refractivity contribution < 1.29 is 9.53 Å². The van der Waals surface area contributed by atoms with E-state index >= 15 is 0 Å². The van der Waals surface area contributed by atoms with Crippen LogP contribution in [0.4, 0.5) is 16.2 Å². The number of pyridine rings is 1. The molecular weight excluding hydrogens is 290 g/mol. The Morgan fingerprint density at radius 2 is 2.04 bits per heavy atom. The van der Waals surface area contributed by atoms with Crippen molar-refractivity contribution in [2.24, 2.45) is 5.92 Å². The van der Waals surface area contributed by atoms with E-state index in [0.29, 0.717) is 23.9 Å². The zero-order valence-electron chi connectivity index (χ0n) is 13.8. The number of carbonyl (C=O) groups excluding carboxylic acids is 1. The predicted octanol–water partition coefficient (Wildman–Crippen LogP) is 4.17. The fourth-order valence-corrected chi connectivity index (χ4v) is 2.20. The fourth-order valence-electron chi connectivity index (χ4n) is 2.20. The molecule has 0 radical (unpaired) electrons. The molecule has 1 aromatic heterocycles. The van der Waals surface area contributed by atoms with Crippen LogP contribution < -0.4 is 15.0 Å². The summed E-state index contributed by atoms with van der Waals surface area (Å²) in [7, 11) is 1.61. The second kappa shape index (κ2) is 8.17. The molecule has 122 valence electrons. The maximum atomic E-state index is 12.7. The summed E-state index contributed by atoms with van der Waals surface area (Å²) in [5, 5.41) is 2.88. The van der Waals surface area contributed by atoms with Crippen molar-refractivity contribution in [1.29, 1.82) is 0 Å². The summed E-state index contributed by atoms with van der Waals surface area (Å²) in [6.07, 6.45) is 4.20. The van der Waals surface area contributed by atoms with Crippen LogP contribution in [0.15, 0.2) is 48.8 Å². The summed E-state index contributed by atoms with van der Waals surface area (Å²) in [5.41, 5.74) is 1.43. The van der Waals surface area contributed by atoms with Gasteiger partial charge in [0.15, 0.2) is 0 Å². The molecule has 0 saturated carbocycles. The molecule has 1 N–H and O–H groups in total. The molecule has 0 atom stereocenters. The van der Waals surface area contributed by atoms with Crippen molar-refractivity contribution in [3.63, 3.8) is 0 Å². The molecule has 2 aromatic rings. The smallest absolute Gasteiger partial charge is 0.326 e. The largest absolute Gasteiger partial charge is 0.495 e. The third kappa shape index (κ3) is 4.71. The molecule has 2 amide bonds. The SMILES string of the molecule is COc1ccccc1N(CCC(C)C)C(=O)Nc1cccnc1. The molecule has 0 spiro atoms. The second-order valence-corrected chi connectivity index (χ2v) is 5.68. The molecule has 0 aliphatic rings. The third-order valence-corrected chi connectivity index (χ3v) is 3.46. The summed E-state index contributed by atoms with van der Waals surface area (Å²) in [4.78, 5) is 18.5. The monoisotopic (exact) mass is 313 g/mol. The van der Waals surface area contributed by atoms with Crippen LogP contribution in [0.5, 0.6) is 5.75 Å². The average Bonchev–Trinajstić information content (AvgIpc) is 2.56. The van der Waals surface area contributed by atoms with Gasteiger partial charge in [-0.1, -0.05) is 26.0 Å². The number of methoxy groups -OCH3 is 1. The van der Waals surface area contributed by atoms with Gasteiger partial charge in [0.05, 0.1) is 24.7 Å². The van der Waals surface area contributed by atoms with E-state index in [0.717, 1.165) is 12.1 Å². The summed E-state index contributed by atoms with van der Waals surface area (Å²) in [6.45, 7) is 4.89. The number of anilines is 2. The molecule has 0 aliphatic carbocycles. The summed E-state index contributed by atoms with van der Waals surface area (Å²) < 4.78 is 5.40. The minimum atomic E-state index is -0.192. The Bertz CT molecular complexity index is 629. The van der Waals surface area contributed by atoms with Gasteiger partial charge in [0.25, 0.3) is 0 Å². The highest BCUT2D eigenvalue weighted by atomic mass is 16.5. The minimum Gasteiger partial charge on any atom is -0.495 e. The summed E-state index contributed by atoms with van der Waals surface area (Å²) in [5.74, 6) is 1.18. The zero-order chi connectivity index (χ0) is 16.7. The number of rotatable bonds is 6. The Hall–Kier alpha value is -2.56. The Balaban J connectivity index is 2.24. The van der Waals surface area contributed by atoms with E-state index in [9.17, 15) is 4.79 Å². The summed E-state index contributed by atoms with van der Waals surface area (Å²) >= 11 is 0. The maximum absolute atomic E-state index is 12.7. The first-order valence-corrected chi connectivity index (χ1v) is 7.73. The van der Waals surface area contributed by atoms with Crippen LogP contribution in [0.25, 0.3) is 0 Å². The molecule has 5 nitrogen and oxygen atoms in total. The second-order valence-electron chi connectivity index (χ2n) is 5.68. The Morgan fingerprint density at radius 1 is 1.26 bits per heavy atom. The number of nitrogens with one attached hydrogen (secondary N) is 1. The number of ether oxygens (including phenoxy) is 1. The van der Waals surface area contributed by atoms with Crippen molar-refractivity contribution in [3.05, 3.63) is 48.8 Å². The van der Waals surface area contributed by atoms with Crippen LogP contribution in [0, 0.1) is 5.92 Å². The molecule has 0 unspecified atom stereocenters. The van der Waals surface area contributed by atoms with Gasteiger partial charge in [-0.3, -0.25) is 9.88 Å². The number of para-hydroxylation sites is 2. The number of urea groups is 1. The number of nitrogens with zero attached hydrogens (tertiary/aromatic N) is 2. The van der Waals surface area contributed by atoms with Crippen molar-refractivity contribution in [3.8, 4) is 5.75 Å². The molecule has 0 aliphatic heterocycles. The van der Waals surface area contributed by atoms with E-state index in [2.05, 4.69) is 24.1 Å². The molecule has 5 heteroatoms. The molecule has 1 heterocycles. The van der Waals surface area contributed by atoms with Crippen LogP contribution in [-0.4, -0.2) is 24.7 Å². The quantitative estimate of drug-likeness (QED) is 0.870. The number of amides is 2. The fraction of sp³-hybridized carbons (Fsp3) is 0.333. The van der Waals surface area contributed by atoms with Crippen LogP contribution in [0.3, 0.4) is 0 Å². The van der Waals surface area contributed by atoms with Gasteiger partial charge in [0.1, 0.15) is 5.75 Å². The highest BCUT2D eigenvalue weighted by molar-refractivity contribution is 6.02. The minimum absolute atomic E-state index is 0.192. The van der Waals surface area contributed by atoms with E-state index in [-0.39, 0.29) is 6.03 Å².